The lowest BCUT2D eigenvalue weighted by Crippen LogP contribution is -2.30. The maximum Gasteiger partial charge on any atom is 0.262 e. The lowest BCUT2D eigenvalue weighted by atomic mass is 10.1. The molecule has 1 amide bonds. The van der Waals surface area contributed by atoms with Gasteiger partial charge in [-0.3, -0.25) is 9.69 Å². The first-order valence-electron chi connectivity index (χ1n) is 8.50. The maximum absolute atomic E-state index is 13.3. The number of fused-ring (bicyclic) bond motifs is 1. The Kier molecular flexibility index (Phi) is 4.72. The number of rotatable bonds is 4. The van der Waals surface area contributed by atoms with Crippen molar-refractivity contribution in [3.8, 4) is 0 Å². The van der Waals surface area contributed by atoms with E-state index in [1.54, 1.807) is 41.5 Å². The molecular formula is C21H17ClN2O2S. The molecule has 0 aliphatic heterocycles. The molecule has 0 fully saturated rings. The van der Waals surface area contributed by atoms with Crippen LogP contribution in [-0.4, -0.2) is 10.9 Å². The normalized spacial score (nSPS) is 11.1. The first-order valence-corrected chi connectivity index (χ1v) is 9.69. The summed E-state index contributed by atoms with van der Waals surface area (Å²) in [6, 6.07) is 14.8. The smallest absolute Gasteiger partial charge is 0.262 e. The van der Waals surface area contributed by atoms with Crippen molar-refractivity contribution in [3.05, 3.63) is 82.3 Å². The molecule has 0 radical (unpaired) electrons. The fourth-order valence-corrected chi connectivity index (χ4v) is 4.13. The van der Waals surface area contributed by atoms with Gasteiger partial charge in [-0.2, -0.15) is 0 Å². The van der Waals surface area contributed by atoms with Gasteiger partial charge in [-0.25, -0.2) is 4.98 Å². The second-order valence-corrected chi connectivity index (χ2v) is 7.72. The van der Waals surface area contributed by atoms with Gasteiger partial charge in [0, 0.05) is 0 Å². The number of benzene rings is 2. The molecule has 0 spiro atoms. The Bertz CT molecular complexity index is 1120. The van der Waals surface area contributed by atoms with E-state index in [4.69, 9.17) is 21.0 Å². The van der Waals surface area contributed by atoms with E-state index in [-0.39, 0.29) is 12.5 Å². The molecule has 6 heteroatoms. The number of amides is 1. The SMILES string of the molecule is Cc1ccc2sc(N(Cc3ccco3)C(=O)c3ccccc3Cl)nc2c1C. The van der Waals surface area contributed by atoms with Crippen LogP contribution in [0.5, 0.6) is 0 Å². The third kappa shape index (κ3) is 3.36. The Labute approximate surface area is 166 Å². The molecule has 0 N–H and O–H groups in total. The molecule has 27 heavy (non-hydrogen) atoms. The summed E-state index contributed by atoms with van der Waals surface area (Å²) in [5.41, 5.74) is 3.66. The number of carbonyl (C=O) groups excluding carboxylic acids is 1. The quantitative estimate of drug-likeness (QED) is 0.424. The van der Waals surface area contributed by atoms with E-state index in [0.29, 0.717) is 21.5 Å². The van der Waals surface area contributed by atoms with Gasteiger partial charge in [0.15, 0.2) is 5.13 Å². The van der Waals surface area contributed by atoms with Gasteiger partial charge in [0.05, 0.1) is 33.6 Å². The van der Waals surface area contributed by atoms with Crippen LogP contribution in [0.4, 0.5) is 5.13 Å². The maximum atomic E-state index is 13.3. The largest absolute Gasteiger partial charge is 0.467 e. The minimum atomic E-state index is -0.203. The van der Waals surface area contributed by atoms with E-state index in [0.717, 1.165) is 15.8 Å². The molecule has 136 valence electrons. The predicted octanol–water partition coefficient (Wildman–Crippen LogP) is 6.01. The highest BCUT2D eigenvalue weighted by atomic mass is 35.5. The van der Waals surface area contributed by atoms with Crippen LogP contribution in [0, 0.1) is 13.8 Å². The van der Waals surface area contributed by atoms with Crippen molar-refractivity contribution in [1.29, 1.82) is 0 Å². The molecule has 0 atom stereocenters. The molecule has 4 rings (SSSR count). The average Bonchev–Trinajstić information content (AvgIpc) is 3.32. The van der Waals surface area contributed by atoms with Gasteiger partial charge in [0.2, 0.25) is 0 Å². The minimum absolute atomic E-state index is 0.203. The third-order valence-corrected chi connectivity index (χ3v) is 5.92. The van der Waals surface area contributed by atoms with Gasteiger partial charge in [0.25, 0.3) is 5.91 Å². The Morgan fingerprint density at radius 3 is 2.70 bits per heavy atom. The molecule has 2 aromatic heterocycles. The second-order valence-electron chi connectivity index (χ2n) is 6.30. The molecule has 4 aromatic rings. The highest BCUT2D eigenvalue weighted by Gasteiger charge is 2.24. The van der Waals surface area contributed by atoms with E-state index in [1.165, 1.54) is 16.9 Å². The highest BCUT2D eigenvalue weighted by molar-refractivity contribution is 7.22. The number of carbonyl (C=O) groups is 1. The summed E-state index contributed by atoms with van der Waals surface area (Å²) in [6.07, 6.45) is 1.60. The monoisotopic (exact) mass is 396 g/mol. The summed E-state index contributed by atoms with van der Waals surface area (Å²) < 4.78 is 6.51. The molecule has 0 aliphatic rings. The number of hydrogen-bond donors (Lipinski definition) is 0. The predicted molar refractivity (Wildman–Crippen MR) is 110 cm³/mol. The van der Waals surface area contributed by atoms with Gasteiger partial charge in [-0.15, -0.1) is 0 Å². The van der Waals surface area contributed by atoms with Crippen LogP contribution in [-0.2, 0) is 6.54 Å². The number of furan rings is 1. The highest BCUT2D eigenvalue weighted by Crippen LogP contribution is 2.34. The molecule has 2 aromatic carbocycles. The summed E-state index contributed by atoms with van der Waals surface area (Å²) >= 11 is 7.76. The van der Waals surface area contributed by atoms with Crippen LogP contribution < -0.4 is 4.90 Å². The molecular weight excluding hydrogens is 380 g/mol. The fraction of sp³-hybridized carbons (Fsp3) is 0.143. The van der Waals surface area contributed by atoms with Crippen molar-refractivity contribution in [1.82, 2.24) is 4.98 Å². The van der Waals surface area contributed by atoms with Crippen LogP contribution in [0.15, 0.2) is 59.2 Å². The zero-order chi connectivity index (χ0) is 19.0. The Morgan fingerprint density at radius 2 is 1.96 bits per heavy atom. The van der Waals surface area contributed by atoms with Crippen molar-refractivity contribution >= 4 is 44.2 Å². The first-order chi connectivity index (χ1) is 13.0. The van der Waals surface area contributed by atoms with Crippen LogP contribution in [0.25, 0.3) is 10.2 Å². The standard InChI is InChI=1S/C21H17ClN2O2S/c1-13-9-10-18-19(14(13)2)23-21(27-18)24(12-15-6-5-11-26-15)20(25)16-7-3-4-8-17(16)22/h3-11H,12H2,1-2H3. The summed E-state index contributed by atoms with van der Waals surface area (Å²) in [7, 11) is 0. The fourth-order valence-electron chi connectivity index (χ4n) is 2.89. The summed E-state index contributed by atoms with van der Waals surface area (Å²) in [5.74, 6) is 0.480. The van der Waals surface area contributed by atoms with Crippen molar-refractivity contribution in [3.63, 3.8) is 0 Å². The molecule has 2 heterocycles. The number of aryl methyl sites for hydroxylation is 2. The Balaban J connectivity index is 1.82. The van der Waals surface area contributed by atoms with Gasteiger partial charge < -0.3 is 4.42 Å². The zero-order valence-corrected chi connectivity index (χ0v) is 16.5. The minimum Gasteiger partial charge on any atom is -0.467 e. The van der Waals surface area contributed by atoms with Gasteiger partial charge in [-0.05, 0) is 55.3 Å². The average molecular weight is 397 g/mol. The van der Waals surface area contributed by atoms with Crippen LogP contribution in [0.2, 0.25) is 5.02 Å². The molecule has 4 nitrogen and oxygen atoms in total. The summed E-state index contributed by atoms with van der Waals surface area (Å²) in [4.78, 5) is 19.7. The zero-order valence-electron chi connectivity index (χ0n) is 14.9. The third-order valence-electron chi connectivity index (χ3n) is 4.55. The van der Waals surface area contributed by atoms with E-state index in [2.05, 4.69) is 13.0 Å². The van der Waals surface area contributed by atoms with Crippen LogP contribution in [0.3, 0.4) is 0 Å². The van der Waals surface area contributed by atoms with Crippen molar-refractivity contribution in [2.24, 2.45) is 0 Å². The van der Waals surface area contributed by atoms with E-state index >= 15 is 0 Å². The number of thiazole rings is 1. The van der Waals surface area contributed by atoms with Crippen molar-refractivity contribution in [2.45, 2.75) is 20.4 Å². The lowest BCUT2D eigenvalue weighted by Gasteiger charge is -2.19. The van der Waals surface area contributed by atoms with Crippen LogP contribution >= 0.6 is 22.9 Å². The van der Waals surface area contributed by atoms with E-state index in [9.17, 15) is 4.79 Å². The Morgan fingerprint density at radius 1 is 1.15 bits per heavy atom. The number of aromatic nitrogens is 1. The second kappa shape index (κ2) is 7.18. The van der Waals surface area contributed by atoms with Crippen LogP contribution in [0.1, 0.15) is 27.2 Å². The number of anilines is 1. The first kappa shape index (κ1) is 17.8. The van der Waals surface area contributed by atoms with Gasteiger partial charge in [-0.1, -0.05) is 41.1 Å². The van der Waals surface area contributed by atoms with Gasteiger partial charge >= 0.3 is 0 Å². The Hall–Kier alpha value is -2.63. The van der Waals surface area contributed by atoms with E-state index in [1.807, 2.05) is 19.1 Å². The number of nitrogens with zero attached hydrogens (tertiary/aromatic N) is 2. The lowest BCUT2D eigenvalue weighted by molar-refractivity contribution is 0.0983. The molecule has 0 saturated carbocycles. The van der Waals surface area contributed by atoms with Crippen molar-refractivity contribution < 1.29 is 9.21 Å². The molecule has 0 unspecified atom stereocenters. The molecule has 0 bridgehead atoms. The molecule has 0 saturated heterocycles. The topological polar surface area (TPSA) is 46.3 Å². The van der Waals surface area contributed by atoms with Crippen molar-refractivity contribution in [2.75, 3.05) is 4.90 Å². The summed E-state index contributed by atoms with van der Waals surface area (Å²) in [6.45, 7) is 4.39. The van der Waals surface area contributed by atoms with E-state index < -0.39 is 0 Å². The summed E-state index contributed by atoms with van der Waals surface area (Å²) in [5, 5.41) is 1.04. The number of hydrogen-bond acceptors (Lipinski definition) is 4. The molecule has 0 aliphatic carbocycles. The number of halogens is 1. The van der Waals surface area contributed by atoms with Gasteiger partial charge in [0.1, 0.15) is 5.76 Å².